The standard InChI is InChI=1S/C17H22N4O.ClH/c1-13(14-11-18-12-14)17(22)19-9-7-15-8-10-21(20-15)16-5-3-2-4-6-16;/h2-6,8,10,13-14,18H,7,9,11-12H2,1H3,(H,19,22);1H. The highest BCUT2D eigenvalue weighted by Crippen LogP contribution is 2.15. The first-order valence-electron chi connectivity index (χ1n) is 7.82. The lowest BCUT2D eigenvalue weighted by Crippen LogP contribution is -2.49. The number of aromatic nitrogens is 2. The van der Waals surface area contributed by atoms with E-state index in [9.17, 15) is 4.79 Å². The van der Waals surface area contributed by atoms with Gasteiger partial charge < -0.3 is 10.6 Å². The quantitative estimate of drug-likeness (QED) is 0.847. The average Bonchev–Trinajstić information content (AvgIpc) is 2.95. The third-order valence-electron chi connectivity index (χ3n) is 4.28. The number of nitrogens with one attached hydrogen (secondary N) is 2. The Morgan fingerprint density at radius 2 is 2.09 bits per heavy atom. The van der Waals surface area contributed by atoms with E-state index in [1.54, 1.807) is 0 Å². The summed E-state index contributed by atoms with van der Waals surface area (Å²) < 4.78 is 1.86. The van der Waals surface area contributed by atoms with Gasteiger partial charge in [-0.1, -0.05) is 25.1 Å². The normalized spacial score (nSPS) is 15.3. The van der Waals surface area contributed by atoms with Crippen molar-refractivity contribution in [2.45, 2.75) is 13.3 Å². The zero-order valence-corrected chi connectivity index (χ0v) is 14.1. The summed E-state index contributed by atoms with van der Waals surface area (Å²) in [5, 5.41) is 10.8. The van der Waals surface area contributed by atoms with Crippen LogP contribution < -0.4 is 10.6 Å². The van der Waals surface area contributed by atoms with Crippen LogP contribution in [0.2, 0.25) is 0 Å². The van der Waals surface area contributed by atoms with Crippen LogP contribution in [0.3, 0.4) is 0 Å². The van der Waals surface area contributed by atoms with Gasteiger partial charge in [-0.2, -0.15) is 5.10 Å². The van der Waals surface area contributed by atoms with Crippen molar-refractivity contribution in [2.75, 3.05) is 19.6 Å². The Bertz CT molecular complexity index is 625. The zero-order chi connectivity index (χ0) is 15.4. The van der Waals surface area contributed by atoms with Crippen LogP contribution in [-0.2, 0) is 11.2 Å². The van der Waals surface area contributed by atoms with Crippen LogP contribution in [0.1, 0.15) is 12.6 Å². The molecule has 124 valence electrons. The summed E-state index contributed by atoms with van der Waals surface area (Å²) in [5.41, 5.74) is 2.03. The zero-order valence-electron chi connectivity index (χ0n) is 13.2. The van der Waals surface area contributed by atoms with Crippen molar-refractivity contribution < 1.29 is 4.79 Å². The van der Waals surface area contributed by atoms with E-state index in [0.29, 0.717) is 12.5 Å². The predicted molar refractivity (Wildman–Crippen MR) is 93.0 cm³/mol. The molecule has 23 heavy (non-hydrogen) atoms. The molecule has 0 aliphatic carbocycles. The van der Waals surface area contributed by atoms with Gasteiger partial charge in [0.1, 0.15) is 0 Å². The molecular weight excluding hydrogens is 312 g/mol. The minimum atomic E-state index is 0. The van der Waals surface area contributed by atoms with E-state index < -0.39 is 0 Å². The Labute approximate surface area is 142 Å². The molecule has 1 amide bonds. The maximum absolute atomic E-state index is 12.0. The first-order valence-corrected chi connectivity index (χ1v) is 7.82. The molecule has 0 bridgehead atoms. The van der Waals surface area contributed by atoms with Crippen LogP contribution in [0.5, 0.6) is 0 Å². The van der Waals surface area contributed by atoms with Crippen LogP contribution >= 0.6 is 12.4 Å². The van der Waals surface area contributed by atoms with Gasteiger partial charge >= 0.3 is 0 Å². The van der Waals surface area contributed by atoms with Crippen molar-refractivity contribution >= 4 is 18.3 Å². The number of carbonyl (C=O) groups excluding carboxylic acids is 1. The van der Waals surface area contributed by atoms with E-state index in [1.807, 2.05) is 54.2 Å². The van der Waals surface area contributed by atoms with Crippen molar-refractivity contribution in [1.82, 2.24) is 20.4 Å². The topological polar surface area (TPSA) is 59.0 Å². The summed E-state index contributed by atoms with van der Waals surface area (Å²) in [5.74, 6) is 0.717. The third kappa shape index (κ3) is 4.33. The first-order chi connectivity index (χ1) is 10.7. The van der Waals surface area contributed by atoms with Crippen molar-refractivity contribution in [1.29, 1.82) is 0 Å². The lowest BCUT2D eigenvalue weighted by molar-refractivity contribution is -0.126. The second-order valence-electron chi connectivity index (χ2n) is 5.84. The molecule has 2 aromatic rings. The fourth-order valence-corrected chi connectivity index (χ4v) is 2.57. The molecule has 1 fully saturated rings. The molecule has 6 heteroatoms. The van der Waals surface area contributed by atoms with E-state index in [4.69, 9.17) is 0 Å². The number of rotatable bonds is 6. The lowest BCUT2D eigenvalue weighted by Gasteiger charge is -2.31. The Balaban J connectivity index is 0.00000192. The molecular formula is C17H23ClN4O. The number of carbonyl (C=O) groups is 1. The number of benzene rings is 1. The number of nitrogens with zero attached hydrogens (tertiary/aromatic N) is 2. The molecule has 1 aliphatic heterocycles. The Kier molecular flexibility index (Phi) is 6.19. The van der Waals surface area contributed by atoms with Gasteiger partial charge in [-0.15, -0.1) is 12.4 Å². The van der Waals surface area contributed by atoms with Gasteiger partial charge in [-0.3, -0.25) is 4.79 Å². The summed E-state index contributed by atoms with van der Waals surface area (Å²) in [6.45, 7) is 4.55. The molecule has 0 spiro atoms. The largest absolute Gasteiger partial charge is 0.355 e. The van der Waals surface area contributed by atoms with Crippen LogP contribution in [-0.4, -0.2) is 35.3 Å². The Morgan fingerprint density at radius 1 is 1.35 bits per heavy atom. The highest BCUT2D eigenvalue weighted by molar-refractivity contribution is 5.85. The minimum Gasteiger partial charge on any atom is -0.355 e. The lowest BCUT2D eigenvalue weighted by atomic mass is 9.88. The highest BCUT2D eigenvalue weighted by Gasteiger charge is 2.28. The van der Waals surface area contributed by atoms with Gasteiger partial charge in [0.2, 0.25) is 5.91 Å². The molecule has 0 radical (unpaired) electrons. The van der Waals surface area contributed by atoms with Gasteiger partial charge in [-0.25, -0.2) is 4.68 Å². The van der Waals surface area contributed by atoms with Crippen LogP contribution in [0.15, 0.2) is 42.6 Å². The summed E-state index contributed by atoms with van der Waals surface area (Å²) >= 11 is 0. The smallest absolute Gasteiger partial charge is 0.223 e. The second-order valence-corrected chi connectivity index (χ2v) is 5.84. The van der Waals surface area contributed by atoms with Crippen molar-refractivity contribution in [3.8, 4) is 5.69 Å². The summed E-state index contributed by atoms with van der Waals surface area (Å²) in [6, 6.07) is 12.0. The number of hydrogen-bond acceptors (Lipinski definition) is 3. The van der Waals surface area contributed by atoms with Crippen molar-refractivity contribution in [3.63, 3.8) is 0 Å². The maximum atomic E-state index is 12.0. The molecule has 1 atom stereocenters. The summed E-state index contributed by atoms with van der Waals surface area (Å²) in [6.07, 6.45) is 2.70. The third-order valence-corrected chi connectivity index (χ3v) is 4.28. The molecule has 1 aromatic carbocycles. The van der Waals surface area contributed by atoms with Gasteiger partial charge in [0.05, 0.1) is 11.4 Å². The molecule has 1 saturated heterocycles. The number of amides is 1. The maximum Gasteiger partial charge on any atom is 0.223 e. The van der Waals surface area contributed by atoms with E-state index in [2.05, 4.69) is 15.7 Å². The SMILES string of the molecule is CC(C(=O)NCCc1ccn(-c2ccccc2)n1)C1CNC1.Cl. The van der Waals surface area contributed by atoms with E-state index in [0.717, 1.165) is 30.9 Å². The minimum absolute atomic E-state index is 0. The molecule has 2 heterocycles. The summed E-state index contributed by atoms with van der Waals surface area (Å²) in [7, 11) is 0. The van der Waals surface area contributed by atoms with Crippen molar-refractivity contribution in [2.24, 2.45) is 11.8 Å². The molecule has 5 nitrogen and oxygen atoms in total. The van der Waals surface area contributed by atoms with E-state index in [1.165, 1.54) is 0 Å². The van der Waals surface area contributed by atoms with Crippen LogP contribution in [0.4, 0.5) is 0 Å². The van der Waals surface area contributed by atoms with Gasteiger partial charge in [0.25, 0.3) is 0 Å². The summed E-state index contributed by atoms with van der Waals surface area (Å²) in [4.78, 5) is 12.0. The van der Waals surface area contributed by atoms with Gasteiger partial charge in [-0.05, 0) is 37.2 Å². The molecule has 1 unspecified atom stereocenters. The Hall–Kier alpha value is -1.85. The van der Waals surface area contributed by atoms with Crippen molar-refractivity contribution in [3.05, 3.63) is 48.3 Å². The molecule has 3 rings (SSSR count). The molecule has 0 saturated carbocycles. The fraction of sp³-hybridized carbons (Fsp3) is 0.412. The van der Waals surface area contributed by atoms with E-state index in [-0.39, 0.29) is 24.2 Å². The molecule has 1 aromatic heterocycles. The number of para-hydroxylation sites is 1. The first kappa shape index (κ1) is 17.5. The highest BCUT2D eigenvalue weighted by atomic mass is 35.5. The van der Waals surface area contributed by atoms with E-state index >= 15 is 0 Å². The molecule has 1 aliphatic rings. The van der Waals surface area contributed by atoms with Gasteiger partial charge in [0.15, 0.2) is 0 Å². The fourth-order valence-electron chi connectivity index (χ4n) is 2.57. The van der Waals surface area contributed by atoms with Gasteiger partial charge in [0, 0.05) is 25.1 Å². The Morgan fingerprint density at radius 3 is 2.74 bits per heavy atom. The molecule has 2 N–H and O–H groups in total. The number of hydrogen-bond donors (Lipinski definition) is 2. The predicted octanol–water partition coefficient (Wildman–Crippen LogP) is 1.81. The average molecular weight is 335 g/mol. The second kappa shape index (κ2) is 8.13. The monoisotopic (exact) mass is 334 g/mol. The van der Waals surface area contributed by atoms with Crippen LogP contribution in [0, 0.1) is 11.8 Å². The van der Waals surface area contributed by atoms with Crippen LogP contribution in [0.25, 0.3) is 5.69 Å². The number of halogens is 1.